The van der Waals surface area contributed by atoms with E-state index in [1.54, 1.807) is 23.9 Å². The summed E-state index contributed by atoms with van der Waals surface area (Å²) in [6.07, 6.45) is 4.38. The zero-order chi connectivity index (χ0) is 26.7. The van der Waals surface area contributed by atoms with Gasteiger partial charge in [-0.15, -0.1) is 0 Å². The molecule has 2 amide bonds. The third kappa shape index (κ3) is 4.25. The van der Waals surface area contributed by atoms with Crippen LogP contribution in [-0.2, 0) is 11.8 Å². The van der Waals surface area contributed by atoms with Gasteiger partial charge in [-0.25, -0.2) is 4.98 Å². The van der Waals surface area contributed by atoms with Gasteiger partial charge in [0, 0.05) is 42.7 Å². The second-order valence-corrected chi connectivity index (χ2v) is 11.4. The van der Waals surface area contributed by atoms with Crippen LogP contribution < -0.4 is 10.2 Å². The molecule has 0 spiro atoms. The predicted octanol–water partition coefficient (Wildman–Crippen LogP) is 4.46. The third-order valence-corrected chi connectivity index (χ3v) is 8.66. The van der Waals surface area contributed by atoms with E-state index < -0.39 is 0 Å². The molecule has 2 aromatic heterocycles. The fraction of sp³-hybridized carbons (Fsp3) is 0.414. The first-order chi connectivity index (χ1) is 18.2. The van der Waals surface area contributed by atoms with Crippen molar-refractivity contribution >= 4 is 29.2 Å². The molecular formula is C29H29ClN6O2. The van der Waals surface area contributed by atoms with Crippen LogP contribution in [0.4, 0.5) is 5.82 Å². The highest BCUT2D eigenvalue weighted by molar-refractivity contribution is 6.30. The largest absolute Gasteiger partial charge is 0.348 e. The smallest absolute Gasteiger partial charge is 0.269 e. The number of halogens is 1. The molecule has 9 heteroatoms. The first-order valence-electron chi connectivity index (χ1n) is 13.1. The van der Waals surface area contributed by atoms with Crippen molar-refractivity contribution in [3.8, 4) is 6.07 Å². The molecule has 8 nitrogen and oxygen atoms in total. The van der Waals surface area contributed by atoms with Gasteiger partial charge >= 0.3 is 0 Å². The van der Waals surface area contributed by atoms with E-state index in [1.807, 2.05) is 36.2 Å². The average molecular weight is 529 g/mol. The maximum atomic E-state index is 13.1. The van der Waals surface area contributed by atoms with Crippen LogP contribution >= 0.6 is 11.6 Å². The van der Waals surface area contributed by atoms with E-state index in [4.69, 9.17) is 11.6 Å². The maximum absolute atomic E-state index is 13.1. The number of amides is 2. The molecular weight excluding hydrogens is 500 g/mol. The zero-order valence-electron chi connectivity index (χ0n) is 21.6. The normalized spacial score (nSPS) is 24.4. The number of hydrogen-bond donors (Lipinski definition) is 1. The molecule has 38 heavy (non-hydrogen) atoms. The lowest BCUT2D eigenvalue weighted by atomic mass is 9.74. The highest BCUT2D eigenvalue weighted by atomic mass is 35.5. The van der Waals surface area contributed by atoms with Gasteiger partial charge in [0.2, 0.25) is 5.91 Å². The number of nitriles is 1. The molecule has 3 heterocycles. The van der Waals surface area contributed by atoms with Gasteiger partial charge in [0.25, 0.3) is 5.91 Å². The number of rotatable bonds is 6. The van der Waals surface area contributed by atoms with E-state index in [0.717, 1.165) is 54.0 Å². The summed E-state index contributed by atoms with van der Waals surface area (Å²) in [5, 5.41) is 17.8. The van der Waals surface area contributed by atoms with E-state index in [-0.39, 0.29) is 35.6 Å². The second kappa shape index (κ2) is 9.25. The summed E-state index contributed by atoms with van der Waals surface area (Å²) in [5.74, 6) is 1.59. The number of nitrogens with one attached hydrogen (secondary N) is 1. The van der Waals surface area contributed by atoms with Crippen LogP contribution in [0.15, 0.2) is 36.5 Å². The predicted molar refractivity (Wildman–Crippen MR) is 143 cm³/mol. The number of aromatic nitrogens is 3. The molecule has 2 saturated carbocycles. The number of carbonyl (C=O) groups is 2. The number of benzene rings is 1. The average Bonchev–Trinajstić information content (AvgIpc) is 3.43. The first-order valence-corrected chi connectivity index (χ1v) is 13.4. The highest BCUT2D eigenvalue weighted by Crippen LogP contribution is 2.47. The Kier molecular flexibility index (Phi) is 5.99. The van der Waals surface area contributed by atoms with E-state index in [0.29, 0.717) is 22.2 Å². The van der Waals surface area contributed by atoms with Gasteiger partial charge < -0.3 is 5.32 Å². The Labute approximate surface area is 226 Å². The van der Waals surface area contributed by atoms with Gasteiger partial charge in [0.05, 0.1) is 17.3 Å². The molecule has 1 aromatic carbocycles. The monoisotopic (exact) mass is 528 g/mol. The molecule has 194 valence electrons. The number of pyridine rings is 1. The van der Waals surface area contributed by atoms with Crippen molar-refractivity contribution in [1.82, 2.24) is 20.1 Å². The number of fused-ring (bicyclic) bond motifs is 1. The Hall–Kier alpha value is -3.70. The summed E-state index contributed by atoms with van der Waals surface area (Å²) in [5.41, 5.74) is 4.94. The van der Waals surface area contributed by atoms with Crippen molar-refractivity contribution in [1.29, 1.82) is 5.26 Å². The third-order valence-electron chi connectivity index (χ3n) is 8.42. The topological polar surface area (TPSA) is 104 Å². The summed E-state index contributed by atoms with van der Waals surface area (Å²) in [6, 6.07) is 11.4. The second-order valence-electron chi connectivity index (χ2n) is 10.9. The maximum Gasteiger partial charge on any atom is 0.269 e. The Morgan fingerprint density at radius 1 is 1.24 bits per heavy atom. The molecule has 6 rings (SSSR count). The van der Waals surface area contributed by atoms with Gasteiger partial charge in [0.1, 0.15) is 11.5 Å². The summed E-state index contributed by atoms with van der Waals surface area (Å²) in [4.78, 5) is 32.0. The van der Waals surface area contributed by atoms with Crippen LogP contribution in [0.5, 0.6) is 0 Å². The minimum absolute atomic E-state index is 0.0344. The first kappa shape index (κ1) is 24.6. The molecule has 0 radical (unpaired) electrons. The molecule has 2 aliphatic carbocycles. The summed E-state index contributed by atoms with van der Waals surface area (Å²) in [7, 11) is 1.78. The van der Waals surface area contributed by atoms with Crippen molar-refractivity contribution in [2.24, 2.45) is 18.9 Å². The number of carbonyl (C=O) groups excluding carboxylic acids is 2. The lowest BCUT2D eigenvalue weighted by molar-refractivity contribution is -0.118. The number of nitrogens with zero attached hydrogens (tertiary/aromatic N) is 5. The number of piperidine rings is 1. The van der Waals surface area contributed by atoms with Crippen LogP contribution in [0.25, 0.3) is 0 Å². The number of aryl methyl sites for hydroxylation is 2. The molecule has 3 fully saturated rings. The summed E-state index contributed by atoms with van der Waals surface area (Å²) >= 11 is 6.14. The highest BCUT2D eigenvalue weighted by Gasteiger charge is 2.52. The van der Waals surface area contributed by atoms with Crippen LogP contribution in [0, 0.1) is 30.1 Å². The van der Waals surface area contributed by atoms with Crippen LogP contribution in [0.3, 0.4) is 0 Å². The van der Waals surface area contributed by atoms with Crippen molar-refractivity contribution in [3.05, 3.63) is 75.2 Å². The molecule has 3 aliphatic rings. The van der Waals surface area contributed by atoms with Gasteiger partial charge in [-0.05, 0) is 85.0 Å². The Balaban J connectivity index is 1.11. The van der Waals surface area contributed by atoms with E-state index >= 15 is 0 Å². The van der Waals surface area contributed by atoms with Crippen molar-refractivity contribution in [2.75, 3.05) is 11.4 Å². The number of hydrogen-bond acceptors (Lipinski definition) is 5. The van der Waals surface area contributed by atoms with Crippen LogP contribution in [0.2, 0.25) is 5.02 Å². The van der Waals surface area contributed by atoms with E-state index in [1.165, 1.54) is 0 Å². The minimum Gasteiger partial charge on any atom is -0.348 e. The fourth-order valence-corrected chi connectivity index (χ4v) is 6.11. The standard InChI is InChI=1S/C29H29ClN6O2/c1-15-6-27(36-14-19-9-23(19)29(36)38)32-13-24(15)16(2)25-11-26(35(3)34-25)28(37)33-21-7-18(8-21)22-10-20(30)5-4-17(22)12-31/h4-6,10-11,13,16,18-19,21,23H,7-9,14H2,1-3H3,(H,33,37)/t16-,18-,19-,21+,23-/m1/s1. The summed E-state index contributed by atoms with van der Waals surface area (Å²) < 4.78 is 1.62. The van der Waals surface area contributed by atoms with E-state index in [9.17, 15) is 14.9 Å². The lowest BCUT2D eigenvalue weighted by Gasteiger charge is -2.36. The molecule has 3 aromatic rings. The van der Waals surface area contributed by atoms with Gasteiger partial charge in [-0.1, -0.05) is 18.5 Å². The van der Waals surface area contributed by atoms with Crippen molar-refractivity contribution in [3.63, 3.8) is 0 Å². The Bertz CT molecular complexity index is 1500. The Morgan fingerprint density at radius 2 is 2.03 bits per heavy atom. The lowest BCUT2D eigenvalue weighted by Crippen LogP contribution is -2.44. The van der Waals surface area contributed by atoms with E-state index in [2.05, 4.69) is 28.4 Å². The molecule has 3 atom stereocenters. The SMILES string of the molecule is Cc1cc(N2C[C@H]3C[C@H]3C2=O)ncc1[C@@H](C)c1cc(C(=O)N[C@H]2C[C@@H](c3cc(Cl)ccc3C#N)C2)n(C)n1. The Morgan fingerprint density at radius 3 is 2.71 bits per heavy atom. The molecule has 1 N–H and O–H groups in total. The van der Waals surface area contributed by atoms with Gasteiger partial charge in [0.15, 0.2) is 0 Å². The molecule has 1 aliphatic heterocycles. The van der Waals surface area contributed by atoms with Crippen LogP contribution in [-0.4, -0.2) is 39.2 Å². The fourth-order valence-electron chi connectivity index (χ4n) is 5.93. The van der Waals surface area contributed by atoms with Gasteiger partial charge in [-0.2, -0.15) is 10.4 Å². The minimum atomic E-state index is -0.162. The van der Waals surface area contributed by atoms with Crippen molar-refractivity contribution < 1.29 is 9.59 Å². The summed E-state index contributed by atoms with van der Waals surface area (Å²) in [6.45, 7) is 4.85. The number of anilines is 1. The molecule has 1 saturated heterocycles. The quantitative estimate of drug-likeness (QED) is 0.508. The zero-order valence-corrected chi connectivity index (χ0v) is 22.4. The molecule has 0 bridgehead atoms. The molecule has 0 unspecified atom stereocenters. The van der Waals surface area contributed by atoms with Crippen molar-refractivity contribution in [2.45, 2.75) is 51.0 Å². The van der Waals surface area contributed by atoms with Gasteiger partial charge in [-0.3, -0.25) is 19.2 Å². The van der Waals surface area contributed by atoms with Crippen LogP contribution in [0.1, 0.15) is 76.5 Å².